The molecule has 0 spiro atoms. The molecule has 0 atom stereocenters. The first-order chi connectivity index (χ1) is 11.3. The van der Waals surface area contributed by atoms with Gasteiger partial charge < -0.3 is 0 Å². The highest BCUT2D eigenvalue weighted by Gasteiger charge is 2.23. The summed E-state index contributed by atoms with van der Waals surface area (Å²) in [6.45, 7) is 12.0. The number of nitrogens with zero attached hydrogens (tertiary/aromatic N) is 3. The SMILES string of the molecule is Cc1cc(C)c(-[n+]2cc(C)n(-c3c(C)cc(C)cc3F)n2)c(C)c1. The monoisotopic (exact) mass is 324 g/mol. The maximum absolute atomic E-state index is 14.5. The second-order valence-electron chi connectivity index (χ2n) is 6.68. The molecular weight excluding hydrogens is 301 g/mol. The first kappa shape index (κ1) is 16.4. The number of hydrogen-bond acceptors (Lipinski definition) is 1. The van der Waals surface area contributed by atoms with Crippen molar-refractivity contribution in [2.75, 3.05) is 0 Å². The zero-order chi connectivity index (χ0) is 17.6. The highest BCUT2D eigenvalue weighted by atomic mass is 19.1. The van der Waals surface area contributed by atoms with Gasteiger partial charge in [-0.25, -0.2) is 4.39 Å². The van der Waals surface area contributed by atoms with Gasteiger partial charge in [0.1, 0.15) is 5.21 Å². The van der Waals surface area contributed by atoms with Crippen molar-refractivity contribution in [1.82, 2.24) is 9.90 Å². The smallest absolute Gasteiger partial charge is 0.194 e. The lowest BCUT2D eigenvalue weighted by Gasteiger charge is -2.06. The summed E-state index contributed by atoms with van der Waals surface area (Å²) in [6.07, 6.45) is 1.95. The van der Waals surface area contributed by atoms with Gasteiger partial charge in [-0.1, -0.05) is 28.4 Å². The molecule has 0 bridgehead atoms. The van der Waals surface area contributed by atoms with Gasteiger partial charge in [0.25, 0.3) is 0 Å². The fraction of sp³-hybridized carbons (Fsp3) is 0.300. The van der Waals surface area contributed by atoms with Gasteiger partial charge in [-0.2, -0.15) is 0 Å². The normalized spacial score (nSPS) is 11.1. The molecule has 0 saturated carbocycles. The van der Waals surface area contributed by atoms with Crippen molar-refractivity contribution >= 4 is 0 Å². The molecule has 2 aromatic carbocycles. The molecule has 0 aliphatic carbocycles. The Labute approximate surface area is 142 Å². The summed E-state index contributed by atoms with van der Waals surface area (Å²) in [4.78, 5) is 0. The highest BCUT2D eigenvalue weighted by Crippen LogP contribution is 2.21. The number of halogens is 1. The fourth-order valence-corrected chi connectivity index (χ4v) is 3.46. The fourth-order valence-electron chi connectivity index (χ4n) is 3.46. The molecule has 0 aliphatic heterocycles. The van der Waals surface area contributed by atoms with Crippen molar-refractivity contribution in [1.29, 1.82) is 0 Å². The van der Waals surface area contributed by atoms with Crippen LogP contribution in [0.5, 0.6) is 0 Å². The maximum Gasteiger partial charge on any atom is 0.194 e. The molecule has 0 N–H and O–H groups in total. The molecule has 0 aliphatic rings. The summed E-state index contributed by atoms with van der Waals surface area (Å²) in [6, 6.07) is 7.81. The highest BCUT2D eigenvalue weighted by molar-refractivity contribution is 5.45. The molecule has 0 radical (unpaired) electrons. The van der Waals surface area contributed by atoms with Crippen LogP contribution in [0.25, 0.3) is 11.4 Å². The third kappa shape index (κ3) is 2.73. The number of rotatable bonds is 2. The third-order valence-corrected chi connectivity index (χ3v) is 4.30. The Morgan fingerprint density at radius 1 is 0.833 bits per heavy atom. The van der Waals surface area contributed by atoms with E-state index in [2.05, 4.69) is 38.1 Å². The van der Waals surface area contributed by atoms with E-state index in [1.165, 1.54) is 5.56 Å². The zero-order valence-corrected chi connectivity index (χ0v) is 15.1. The number of hydrogen-bond donors (Lipinski definition) is 0. The Bertz CT molecular complexity index is 892. The van der Waals surface area contributed by atoms with Crippen LogP contribution in [-0.2, 0) is 0 Å². The Morgan fingerprint density at radius 3 is 1.96 bits per heavy atom. The molecule has 4 heteroatoms. The second-order valence-corrected chi connectivity index (χ2v) is 6.68. The van der Waals surface area contributed by atoms with Gasteiger partial charge in [0, 0.05) is 12.5 Å². The first-order valence-corrected chi connectivity index (χ1v) is 8.12. The summed E-state index contributed by atoms with van der Waals surface area (Å²) >= 11 is 0. The van der Waals surface area contributed by atoms with E-state index >= 15 is 0 Å². The molecule has 124 valence electrons. The molecule has 3 nitrogen and oxygen atoms in total. The standard InChI is InChI=1S/C20H23FN3/c1-12-7-14(3)19(15(4)8-12)23-11-17(6)24(22-23)20-16(5)9-13(2)10-18(20)21/h7-11H,1-6H3/q+1. The molecule has 3 rings (SSSR count). The predicted molar refractivity (Wildman–Crippen MR) is 93.5 cm³/mol. The lowest BCUT2D eigenvalue weighted by molar-refractivity contribution is -0.661. The minimum absolute atomic E-state index is 0.247. The van der Waals surface area contributed by atoms with E-state index in [0.29, 0.717) is 5.69 Å². The zero-order valence-electron chi connectivity index (χ0n) is 15.1. The summed E-state index contributed by atoms with van der Waals surface area (Å²) in [7, 11) is 0. The largest absolute Gasteiger partial charge is 0.202 e. The van der Waals surface area contributed by atoms with E-state index in [4.69, 9.17) is 0 Å². The van der Waals surface area contributed by atoms with Gasteiger partial charge in [0.2, 0.25) is 0 Å². The van der Waals surface area contributed by atoms with Crippen LogP contribution in [0.1, 0.15) is 33.5 Å². The van der Waals surface area contributed by atoms with E-state index in [-0.39, 0.29) is 5.82 Å². The molecule has 1 aromatic heterocycles. The maximum atomic E-state index is 14.5. The number of benzene rings is 2. The van der Waals surface area contributed by atoms with Gasteiger partial charge in [0.15, 0.2) is 29.1 Å². The van der Waals surface area contributed by atoms with Gasteiger partial charge in [-0.3, -0.25) is 0 Å². The van der Waals surface area contributed by atoms with Crippen LogP contribution in [0, 0.1) is 47.4 Å². The average Bonchev–Trinajstić information content (AvgIpc) is 2.78. The molecule has 0 amide bonds. The van der Waals surface area contributed by atoms with E-state index in [9.17, 15) is 4.39 Å². The molecule has 0 fully saturated rings. The van der Waals surface area contributed by atoms with Gasteiger partial charge >= 0.3 is 0 Å². The van der Waals surface area contributed by atoms with Crippen molar-refractivity contribution in [3.05, 3.63) is 69.8 Å². The summed E-state index contributed by atoms with van der Waals surface area (Å²) in [5.41, 5.74) is 7.78. The van der Waals surface area contributed by atoms with E-state index in [0.717, 1.165) is 33.6 Å². The number of aryl methyl sites for hydroxylation is 6. The molecule has 1 heterocycles. The Morgan fingerprint density at radius 2 is 1.38 bits per heavy atom. The van der Waals surface area contributed by atoms with E-state index in [1.54, 1.807) is 10.7 Å². The summed E-state index contributed by atoms with van der Waals surface area (Å²) < 4.78 is 18.1. The van der Waals surface area contributed by atoms with Crippen LogP contribution in [0.4, 0.5) is 4.39 Å². The molecule has 0 unspecified atom stereocenters. The molecule has 3 aromatic rings. The van der Waals surface area contributed by atoms with Gasteiger partial charge in [-0.15, -0.1) is 4.68 Å². The minimum atomic E-state index is -0.247. The second kappa shape index (κ2) is 5.86. The van der Waals surface area contributed by atoms with Crippen molar-refractivity contribution in [2.24, 2.45) is 0 Å². The van der Waals surface area contributed by atoms with Crippen LogP contribution in [0.15, 0.2) is 30.5 Å². The van der Waals surface area contributed by atoms with Crippen LogP contribution in [0.3, 0.4) is 0 Å². The van der Waals surface area contributed by atoms with Crippen LogP contribution >= 0.6 is 0 Å². The Balaban J connectivity index is 2.20. The van der Waals surface area contributed by atoms with Crippen LogP contribution < -0.4 is 4.68 Å². The van der Waals surface area contributed by atoms with E-state index < -0.39 is 0 Å². The van der Waals surface area contributed by atoms with Gasteiger partial charge in [0.05, 0.1) is 0 Å². The molecule has 0 saturated heterocycles. The lowest BCUT2D eigenvalue weighted by atomic mass is 10.1. The predicted octanol–water partition coefficient (Wildman–Crippen LogP) is 4.14. The topological polar surface area (TPSA) is 21.7 Å². The summed E-state index contributed by atoms with van der Waals surface area (Å²) in [5, 5.41) is 4.65. The van der Waals surface area contributed by atoms with Crippen molar-refractivity contribution < 1.29 is 9.07 Å². The molecular formula is C20H23FN3+. The minimum Gasteiger partial charge on any atom is -0.202 e. The summed E-state index contributed by atoms with van der Waals surface area (Å²) in [5.74, 6) is -0.247. The lowest BCUT2D eigenvalue weighted by Crippen LogP contribution is -2.35. The van der Waals surface area contributed by atoms with Crippen molar-refractivity contribution in [3.63, 3.8) is 0 Å². The Hall–Kier alpha value is -2.49. The number of aromatic nitrogens is 3. The van der Waals surface area contributed by atoms with Crippen molar-refractivity contribution in [3.8, 4) is 11.4 Å². The van der Waals surface area contributed by atoms with E-state index in [1.807, 2.05) is 37.7 Å². The van der Waals surface area contributed by atoms with Crippen molar-refractivity contribution in [2.45, 2.75) is 41.5 Å². The average molecular weight is 324 g/mol. The quantitative estimate of drug-likeness (QED) is 0.649. The van der Waals surface area contributed by atoms with Crippen LogP contribution in [-0.4, -0.2) is 9.90 Å². The first-order valence-electron chi connectivity index (χ1n) is 8.12. The third-order valence-electron chi connectivity index (χ3n) is 4.30. The Kier molecular flexibility index (Phi) is 3.99. The molecule has 24 heavy (non-hydrogen) atoms. The van der Waals surface area contributed by atoms with Gasteiger partial charge in [-0.05, 0) is 57.4 Å². The van der Waals surface area contributed by atoms with Crippen LogP contribution in [0.2, 0.25) is 0 Å².